The van der Waals surface area contributed by atoms with Crippen LogP contribution in [0.5, 0.6) is 5.75 Å². The number of aromatic nitrogens is 2. The fourth-order valence-corrected chi connectivity index (χ4v) is 1.98. The third-order valence-corrected chi connectivity index (χ3v) is 2.90. The molecule has 2 aromatic carbocycles. The number of nitrogens with zero attached hydrogens (tertiary/aromatic N) is 1. The van der Waals surface area contributed by atoms with Gasteiger partial charge < -0.3 is 9.72 Å². The Labute approximate surface area is 107 Å². The molecule has 5 heteroatoms. The van der Waals surface area contributed by atoms with Crippen LogP contribution in [0.3, 0.4) is 0 Å². The van der Waals surface area contributed by atoms with Crippen LogP contribution in [0.4, 0.5) is 8.78 Å². The molecule has 0 aliphatic heterocycles. The van der Waals surface area contributed by atoms with Crippen LogP contribution in [0.1, 0.15) is 0 Å². The van der Waals surface area contributed by atoms with Crippen LogP contribution in [0.2, 0.25) is 0 Å². The van der Waals surface area contributed by atoms with Crippen LogP contribution in [0, 0.1) is 11.6 Å². The van der Waals surface area contributed by atoms with E-state index < -0.39 is 11.6 Å². The number of methoxy groups -OCH3 is 1. The molecule has 0 saturated carbocycles. The van der Waals surface area contributed by atoms with Crippen molar-refractivity contribution in [2.75, 3.05) is 7.11 Å². The van der Waals surface area contributed by atoms with E-state index in [1.807, 2.05) is 12.1 Å². The Morgan fingerprint density at radius 2 is 1.89 bits per heavy atom. The molecular weight excluding hydrogens is 250 g/mol. The highest BCUT2D eigenvalue weighted by atomic mass is 19.1. The fraction of sp³-hybridized carbons (Fsp3) is 0.0714. The quantitative estimate of drug-likeness (QED) is 0.765. The SMILES string of the molecule is COc1ccc(F)c(-c2nc3ccccc3[nH]2)c1F. The molecule has 1 N–H and O–H groups in total. The van der Waals surface area contributed by atoms with Gasteiger partial charge in [0.25, 0.3) is 0 Å². The molecule has 0 aliphatic carbocycles. The lowest BCUT2D eigenvalue weighted by Crippen LogP contribution is -1.96. The van der Waals surface area contributed by atoms with Gasteiger partial charge in [0, 0.05) is 0 Å². The Hall–Kier alpha value is -2.43. The van der Waals surface area contributed by atoms with Gasteiger partial charge in [-0.1, -0.05) is 12.1 Å². The monoisotopic (exact) mass is 260 g/mol. The van der Waals surface area contributed by atoms with E-state index in [4.69, 9.17) is 4.74 Å². The van der Waals surface area contributed by atoms with Crippen LogP contribution >= 0.6 is 0 Å². The van der Waals surface area contributed by atoms with Gasteiger partial charge in [0.15, 0.2) is 11.6 Å². The fourth-order valence-electron chi connectivity index (χ4n) is 1.98. The van der Waals surface area contributed by atoms with Crippen molar-refractivity contribution in [3.8, 4) is 17.1 Å². The number of hydrogen-bond acceptors (Lipinski definition) is 2. The van der Waals surface area contributed by atoms with Crippen molar-refractivity contribution in [1.29, 1.82) is 0 Å². The van der Waals surface area contributed by atoms with Gasteiger partial charge in [-0.15, -0.1) is 0 Å². The van der Waals surface area contributed by atoms with Crippen molar-refractivity contribution < 1.29 is 13.5 Å². The van der Waals surface area contributed by atoms with Gasteiger partial charge in [0.05, 0.1) is 23.7 Å². The number of fused-ring (bicyclic) bond motifs is 1. The minimum atomic E-state index is -0.762. The second-order valence-electron chi connectivity index (χ2n) is 4.04. The first-order chi connectivity index (χ1) is 9.20. The molecule has 3 nitrogen and oxygen atoms in total. The van der Waals surface area contributed by atoms with Crippen molar-refractivity contribution in [2.45, 2.75) is 0 Å². The summed E-state index contributed by atoms with van der Waals surface area (Å²) < 4.78 is 32.8. The van der Waals surface area contributed by atoms with E-state index in [1.54, 1.807) is 12.1 Å². The van der Waals surface area contributed by atoms with Gasteiger partial charge in [-0.2, -0.15) is 0 Å². The molecule has 3 aromatic rings. The van der Waals surface area contributed by atoms with Crippen molar-refractivity contribution in [1.82, 2.24) is 9.97 Å². The third kappa shape index (κ3) is 1.83. The number of nitrogens with one attached hydrogen (secondary N) is 1. The van der Waals surface area contributed by atoms with Crippen molar-refractivity contribution in [3.05, 3.63) is 48.0 Å². The number of hydrogen-bond donors (Lipinski definition) is 1. The number of halogens is 2. The molecule has 0 radical (unpaired) electrons. The first-order valence-corrected chi connectivity index (χ1v) is 5.68. The van der Waals surface area contributed by atoms with Gasteiger partial charge in [-0.05, 0) is 24.3 Å². The summed E-state index contributed by atoms with van der Waals surface area (Å²) in [5.41, 5.74) is 1.16. The molecule has 0 saturated heterocycles. The minimum absolute atomic E-state index is 0.0168. The van der Waals surface area contributed by atoms with E-state index in [-0.39, 0.29) is 17.1 Å². The van der Waals surface area contributed by atoms with Crippen molar-refractivity contribution in [2.24, 2.45) is 0 Å². The van der Waals surface area contributed by atoms with Crippen molar-refractivity contribution >= 4 is 11.0 Å². The van der Waals surface area contributed by atoms with E-state index in [9.17, 15) is 8.78 Å². The molecular formula is C14H10F2N2O. The number of para-hydroxylation sites is 2. The zero-order valence-electron chi connectivity index (χ0n) is 10.1. The maximum atomic E-state index is 14.1. The second kappa shape index (κ2) is 4.35. The summed E-state index contributed by atoms with van der Waals surface area (Å²) in [5, 5.41) is 0. The molecule has 96 valence electrons. The van der Waals surface area contributed by atoms with Gasteiger partial charge in [0.2, 0.25) is 0 Å². The van der Waals surface area contributed by atoms with E-state index in [1.165, 1.54) is 13.2 Å². The van der Waals surface area contributed by atoms with E-state index >= 15 is 0 Å². The predicted octanol–water partition coefficient (Wildman–Crippen LogP) is 3.52. The highest BCUT2D eigenvalue weighted by Gasteiger charge is 2.19. The van der Waals surface area contributed by atoms with Crippen LogP contribution in [0.15, 0.2) is 36.4 Å². The highest BCUT2D eigenvalue weighted by Crippen LogP contribution is 2.31. The van der Waals surface area contributed by atoms with Gasteiger partial charge >= 0.3 is 0 Å². The Kier molecular flexibility index (Phi) is 2.67. The summed E-state index contributed by atoms with van der Waals surface area (Å²) in [7, 11) is 1.33. The molecule has 0 amide bonds. The molecule has 19 heavy (non-hydrogen) atoms. The largest absolute Gasteiger partial charge is 0.494 e. The molecule has 0 atom stereocenters. The maximum Gasteiger partial charge on any atom is 0.178 e. The van der Waals surface area contributed by atoms with Crippen LogP contribution in [-0.2, 0) is 0 Å². The third-order valence-electron chi connectivity index (χ3n) is 2.90. The molecule has 1 heterocycles. The molecule has 0 fully saturated rings. The zero-order valence-corrected chi connectivity index (χ0v) is 10.1. The van der Waals surface area contributed by atoms with E-state index in [0.29, 0.717) is 5.52 Å². The molecule has 0 unspecified atom stereocenters. The zero-order chi connectivity index (χ0) is 13.4. The first kappa shape index (κ1) is 11.6. The second-order valence-corrected chi connectivity index (χ2v) is 4.04. The average Bonchev–Trinajstić information content (AvgIpc) is 2.82. The lowest BCUT2D eigenvalue weighted by Gasteiger charge is -2.06. The Morgan fingerprint density at radius 3 is 2.63 bits per heavy atom. The maximum absolute atomic E-state index is 14.1. The summed E-state index contributed by atoms with van der Waals surface area (Å²) in [6, 6.07) is 9.60. The van der Waals surface area contributed by atoms with Gasteiger partial charge in [-0.3, -0.25) is 0 Å². The van der Waals surface area contributed by atoms with E-state index in [2.05, 4.69) is 9.97 Å². The summed E-state index contributed by atoms with van der Waals surface area (Å²) in [5.74, 6) is -1.31. The summed E-state index contributed by atoms with van der Waals surface area (Å²) in [6.45, 7) is 0. The molecule has 0 aliphatic rings. The summed E-state index contributed by atoms with van der Waals surface area (Å²) in [4.78, 5) is 7.09. The lowest BCUT2D eigenvalue weighted by atomic mass is 10.1. The highest BCUT2D eigenvalue weighted by molar-refractivity contribution is 5.79. The number of ether oxygens (including phenoxy) is 1. The molecule has 0 bridgehead atoms. The number of aromatic amines is 1. The van der Waals surface area contributed by atoms with Crippen molar-refractivity contribution in [3.63, 3.8) is 0 Å². The normalized spacial score (nSPS) is 10.9. The molecule has 3 rings (SSSR count). The number of rotatable bonds is 2. The number of imidazole rings is 1. The number of H-pyrrole nitrogens is 1. The molecule has 1 aromatic heterocycles. The molecule has 0 spiro atoms. The van der Waals surface area contributed by atoms with E-state index in [0.717, 1.165) is 11.6 Å². The summed E-state index contributed by atoms with van der Waals surface area (Å²) >= 11 is 0. The Bertz CT molecular complexity index is 719. The topological polar surface area (TPSA) is 37.9 Å². The van der Waals surface area contributed by atoms with Crippen LogP contribution in [-0.4, -0.2) is 17.1 Å². The first-order valence-electron chi connectivity index (χ1n) is 5.68. The Balaban J connectivity index is 2.26. The minimum Gasteiger partial charge on any atom is -0.494 e. The smallest absolute Gasteiger partial charge is 0.178 e. The average molecular weight is 260 g/mol. The summed E-state index contributed by atoms with van der Waals surface area (Å²) in [6.07, 6.45) is 0. The van der Waals surface area contributed by atoms with Crippen LogP contribution < -0.4 is 4.74 Å². The van der Waals surface area contributed by atoms with Crippen LogP contribution in [0.25, 0.3) is 22.4 Å². The predicted molar refractivity (Wildman–Crippen MR) is 68.0 cm³/mol. The van der Waals surface area contributed by atoms with Gasteiger partial charge in [-0.25, -0.2) is 13.8 Å². The standard InChI is InChI=1S/C14H10F2N2O/c1-19-11-7-6-8(15)12(13(11)16)14-17-9-4-2-3-5-10(9)18-14/h2-7H,1H3,(H,17,18). The lowest BCUT2D eigenvalue weighted by molar-refractivity contribution is 0.385. The Morgan fingerprint density at radius 1 is 1.11 bits per heavy atom. The van der Waals surface area contributed by atoms with Gasteiger partial charge in [0.1, 0.15) is 11.6 Å². The number of benzene rings is 2.